The number of rotatable bonds is 5. The number of para-hydroxylation sites is 1. The van der Waals surface area contributed by atoms with Gasteiger partial charge in [0.2, 0.25) is 0 Å². The molecule has 0 aliphatic carbocycles. The molecule has 21 heavy (non-hydrogen) atoms. The quantitative estimate of drug-likeness (QED) is 0.887. The lowest BCUT2D eigenvalue weighted by Crippen LogP contribution is -2.17. The Morgan fingerprint density at radius 3 is 2.76 bits per heavy atom. The van der Waals surface area contributed by atoms with E-state index in [1.54, 1.807) is 0 Å². The van der Waals surface area contributed by atoms with Gasteiger partial charge < -0.3 is 10.6 Å². The third-order valence-corrected chi connectivity index (χ3v) is 2.83. The largest absolute Gasteiger partial charge is 0.382 e. The Morgan fingerprint density at radius 2 is 2.05 bits per heavy atom. The molecule has 0 spiro atoms. The van der Waals surface area contributed by atoms with Gasteiger partial charge in [-0.15, -0.1) is 0 Å². The van der Waals surface area contributed by atoms with Gasteiger partial charge in [-0.1, -0.05) is 13.0 Å². The molecule has 1 aromatic carbocycles. The lowest BCUT2D eigenvalue weighted by molar-refractivity contribution is 0.102. The molecule has 4 nitrogen and oxygen atoms in total. The number of nitrogens with one attached hydrogen (secondary N) is 2. The normalized spacial score (nSPS) is 10.2. The highest BCUT2D eigenvalue weighted by atomic mass is 19.1. The van der Waals surface area contributed by atoms with Crippen LogP contribution in [-0.4, -0.2) is 17.4 Å². The SMILES string of the molecule is CCCNc1c(F)cccc1C(=O)Nc1ccncc1F. The van der Waals surface area contributed by atoms with Crippen molar-refractivity contribution in [2.24, 2.45) is 0 Å². The molecule has 0 unspecified atom stereocenters. The van der Waals surface area contributed by atoms with E-state index in [4.69, 9.17) is 0 Å². The number of carbonyl (C=O) groups excluding carboxylic acids is 1. The summed E-state index contributed by atoms with van der Waals surface area (Å²) in [5, 5.41) is 5.28. The monoisotopic (exact) mass is 291 g/mol. The minimum atomic E-state index is -0.648. The fraction of sp³-hybridized carbons (Fsp3) is 0.200. The van der Waals surface area contributed by atoms with Crippen LogP contribution >= 0.6 is 0 Å². The highest BCUT2D eigenvalue weighted by Gasteiger charge is 2.16. The van der Waals surface area contributed by atoms with Gasteiger partial charge >= 0.3 is 0 Å². The van der Waals surface area contributed by atoms with Crippen LogP contribution in [0.25, 0.3) is 0 Å². The van der Waals surface area contributed by atoms with Crippen molar-refractivity contribution < 1.29 is 13.6 Å². The van der Waals surface area contributed by atoms with E-state index in [1.807, 2.05) is 6.92 Å². The Balaban J connectivity index is 2.27. The van der Waals surface area contributed by atoms with Crippen LogP contribution in [0.15, 0.2) is 36.7 Å². The molecular weight excluding hydrogens is 276 g/mol. The van der Waals surface area contributed by atoms with E-state index in [-0.39, 0.29) is 16.9 Å². The van der Waals surface area contributed by atoms with E-state index in [1.165, 1.54) is 30.5 Å². The van der Waals surface area contributed by atoms with Crippen LogP contribution in [0, 0.1) is 11.6 Å². The number of hydrogen-bond donors (Lipinski definition) is 2. The number of nitrogens with zero attached hydrogens (tertiary/aromatic N) is 1. The molecule has 110 valence electrons. The van der Waals surface area contributed by atoms with Crippen LogP contribution in [0.1, 0.15) is 23.7 Å². The molecule has 2 N–H and O–H groups in total. The number of aromatic nitrogens is 1. The molecule has 1 aromatic heterocycles. The number of carbonyl (C=O) groups is 1. The maximum absolute atomic E-state index is 13.8. The van der Waals surface area contributed by atoms with Gasteiger partial charge in [-0.3, -0.25) is 9.78 Å². The van der Waals surface area contributed by atoms with Gasteiger partial charge in [0.05, 0.1) is 23.1 Å². The first kappa shape index (κ1) is 14.9. The molecule has 0 radical (unpaired) electrons. The second-order valence-corrected chi connectivity index (χ2v) is 4.40. The maximum atomic E-state index is 13.8. The number of benzene rings is 1. The Morgan fingerprint density at radius 1 is 1.24 bits per heavy atom. The summed E-state index contributed by atoms with van der Waals surface area (Å²) in [5.74, 6) is -1.75. The minimum absolute atomic E-state index is 0.000651. The summed E-state index contributed by atoms with van der Waals surface area (Å²) in [7, 11) is 0. The van der Waals surface area contributed by atoms with E-state index in [0.717, 1.165) is 12.6 Å². The average Bonchev–Trinajstić information content (AvgIpc) is 2.48. The molecule has 0 aliphatic heterocycles. The van der Waals surface area contributed by atoms with E-state index in [0.29, 0.717) is 6.54 Å². The summed E-state index contributed by atoms with van der Waals surface area (Å²) in [6.45, 7) is 2.46. The maximum Gasteiger partial charge on any atom is 0.257 e. The van der Waals surface area contributed by atoms with Crippen molar-refractivity contribution in [1.82, 2.24) is 4.98 Å². The van der Waals surface area contributed by atoms with Gasteiger partial charge in [0.1, 0.15) is 5.82 Å². The smallest absolute Gasteiger partial charge is 0.257 e. The van der Waals surface area contributed by atoms with Crippen molar-refractivity contribution in [3.8, 4) is 0 Å². The molecule has 0 aliphatic rings. The highest BCUT2D eigenvalue weighted by molar-refractivity contribution is 6.08. The minimum Gasteiger partial charge on any atom is -0.382 e. The third kappa shape index (κ3) is 3.53. The topological polar surface area (TPSA) is 54.0 Å². The van der Waals surface area contributed by atoms with Crippen LogP contribution in [0.4, 0.5) is 20.2 Å². The van der Waals surface area contributed by atoms with Gasteiger partial charge in [-0.25, -0.2) is 8.78 Å². The van der Waals surface area contributed by atoms with E-state index in [2.05, 4.69) is 15.6 Å². The Bertz CT molecular complexity index is 647. The first-order chi connectivity index (χ1) is 10.1. The zero-order valence-electron chi connectivity index (χ0n) is 11.5. The fourth-order valence-electron chi connectivity index (χ4n) is 1.81. The summed E-state index contributed by atoms with van der Waals surface area (Å²) >= 11 is 0. The van der Waals surface area contributed by atoms with Crippen molar-refractivity contribution in [2.45, 2.75) is 13.3 Å². The van der Waals surface area contributed by atoms with Crippen LogP contribution in [0.5, 0.6) is 0 Å². The number of anilines is 2. The summed E-state index contributed by atoms with van der Waals surface area (Å²) in [6, 6.07) is 5.52. The lowest BCUT2D eigenvalue weighted by Gasteiger charge is -2.12. The van der Waals surface area contributed by atoms with Gasteiger partial charge in [0, 0.05) is 12.7 Å². The van der Waals surface area contributed by atoms with Crippen LogP contribution in [0.2, 0.25) is 0 Å². The molecule has 1 amide bonds. The lowest BCUT2D eigenvalue weighted by atomic mass is 10.1. The Kier molecular flexibility index (Phi) is 4.81. The summed E-state index contributed by atoms with van der Waals surface area (Å²) in [4.78, 5) is 15.8. The Labute approximate surface area is 121 Å². The molecule has 0 saturated heterocycles. The molecule has 0 saturated carbocycles. The third-order valence-electron chi connectivity index (χ3n) is 2.83. The zero-order chi connectivity index (χ0) is 15.2. The van der Waals surface area contributed by atoms with E-state index >= 15 is 0 Å². The molecule has 6 heteroatoms. The van der Waals surface area contributed by atoms with Crippen molar-refractivity contribution in [1.29, 1.82) is 0 Å². The summed E-state index contributed by atoms with van der Waals surface area (Å²) in [5.41, 5.74) is 0.242. The van der Waals surface area contributed by atoms with Crippen molar-refractivity contribution in [3.05, 3.63) is 53.9 Å². The second kappa shape index (κ2) is 6.78. The molecule has 1 heterocycles. The predicted octanol–water partition coefficient (Wildman–Crippen LogP) is 3.43. The Hall–Kier alpha value is -2.50. The average molecular weight is 291 g/mol. The van der Waals surface area contributed by atoms with Crippen molar-refractivity contribution in [3.63, 3.8) is 0 Å². The number of amides is 1. The van der Waals surface area contributed by atoms with E-state index < -0.39 is 17.5 Å². The number of pyridine rings is 1. The second-order valence-electron chi connectivity index (χ2n) is 4.40. The van der Waals surface area contributed by atoms with Gasteiger partial charge in [-0.05, 0) is 24.6 Å². The molecule has 2 rings (SSSR count). The van der Waals surface area contributed by atoms with Crippen LogP contribution in [0.3, 0.4) is 0 Å². The first-order valence-corrected chi connectivity index (χ1v) is 6.56. The summed E-state index contributed by atoms with van der Waals surface area (Å²) in [6.07, 6.45) is 3.15. The van der Waals surface area contributed by atoms with E-state index in [9.17, 15) is 13.6 Å². The van der Waals surface area contributed by atoms with Crippen LogP contribution in [-0.2, 0) is 0 Å². The van der Waals surface area contributed by atoms with Gasteiger partial charge in [0.15, 0.2) is 5.82 Å². The van der Waals surface area contributed by atoms with Gasteiger partial charge in [0.25, 0.3) is 5.91 Å². The standard InChI is InChI=1S/C15H15F2N3O/c1-2-7-19-14-10(4-3-5-11(14)16)15(21)20-13-6-8-18-9-12(13)17/h3-6,8-9,19H,2,7H2,1H3,(H,18,20,21). The molecule has 0 atom stereocenters. The van der Waals surface area contributed by atoms with Gasteiger partial charge in [-0.2, -0.15) is 0 Å². The molecule has 2 aromatic rings. The number of hydrogen-bond acceptors (Lipinski definition) is 3. The van der Waals surface area contributed by atoms with Crippen molar-refractivity contribution in [2.75, 3.05) is 17.2 Å². The van der Waals surface area contributed by atoms with Crippen LogP contribution < -0.4 is 10.6 Å². The summed E-state index contributed by atoms with van der Waals surface area (Å²) < 4.78 is 27.3. The molecule has 0 fully saturated rings. The fourth-order valence-corrected chi connectivity index (χ4v) is 1.81. The van der Waals surface area contributed by atoms with Crippen molar-refractivity contribution >= 4 is 17.3 Å². The zero-order valence-corrected chi connectivity index (χ0v) is 11.5. The predicted molar refractivity (Wildman–Crippen MR) is 77.3 cm³/mol. The molecular formula is C15H15F2N3O. The first-order valence-electron chi connectivity index (χ1n) is 6.56. The highest BCUT2D eigenvalue weighted by Crippen LogP contribution is 2.22. The number of halogens is 2. The molecule has 0 bridgehead atoms.